The average Bonchev–Trinajstić information content (AvgIpc) is 2.56. The average molecular weight is 339 g/mol. The molecule has 1 saturated heterocycles. The van der Waals surface area contributed by atoms with E-state index in [9.17, 15) is 18.4 Å². The van der Waals surface area contributed by atoms with Crippen molar-refractivity contribution in [3.05, 3.63) is 35.4 Å². The highest BCUT2D eigenvalue weighted by atomic mass is 19.2. The molecule has 132 valence electrons. The molecule has 1 atom stereocenters. The molecule has 24 heavy (non-hydrogen) atoms. The fourth-order valence-electron chi connectivity index (χ4n) is 2.77. The van der Waals surface area contributed by atoms with Crippen molar-refractivity contribution in [2.45, 2.75) is 25.8 Å². The van der Waals surface area contributed by atoms with Crippen molar-refractivity contribution in [3.8, 4) is 0 Å². The minimum absolute atomic E-state index is 0.184. The summed E-state index contributed by atoms with van der Waals surface area (Å²) >= 11 is 0. The Labute approximate surface area is 140 Å². The fourth-order valence-corrected chi connectivity index (χ4v) is 2.77. The number of halogens is 2. The van der Waals surface area contributed by atoms with Gasteiger partial charge in [0.2, 0.25) is 11.8 Å². The van der Waals surface area contributed by atoms with Crippen molar-refractivity contribution in [2.24, 2.45) is 5.92 Å². The van der Waals surface area contributed by atoms with Crippen molar-refractivity contribution in [1.82, 2.24) is 15.5 Å². The normalized spacial score (nSPS) is 17.3. The Hall–Kier alpha value is -2.02. The van der Waals surface area contributed by atoms with Crippen LogP contribution in [0.2, 0.25) is 0 Å². The van der Waals surface area contributed by atoms with Crippen LogP contribution in [-0.4, -0.2) is 43.4 Å². The van der Waals surface area contributed by atoms with Crippen molar-refractivity contribution in [1.29, 1.82) is 0 Å². The molecule has 0 bridgehead atoms. The lowest BCUT2D eigenvalue weighted by atomic mass is 9.99. The van der Waals surface area contributed by atoms with Gasteiger partial charge in [0.1, 0.15) is 6.04 Å². The van der Waals surface area contributed by atoms with E-state index in [1.807, 2.05) is 4.90 Å². The lowest BCUT2D eigenvalue weighted by Crippen LogP contribution is -2.45. The molecule has 1 fully saturated rings. The summed E-state index contributed by atoms with van der Waals surface area (Å²) in [4.78, 5) is 26.3. The van der Waals surface area contributed by atoms with E-state index < -0.39 is 23.6 Å². The van der Waals surface area contributed by atoms with Crippen LogP contribution >= 0.6 is 0 Å². The summed E-state index contributed by atoms with van der Waals surface area (Å²) in [5.41, 5.74) is 0.203. The van der Waals surface area contributed by atoms with Gasteiger partial charge in [-0.05, 0) is 49.5 Å². The number of carbonyl (C=O) groups is 2. The van der Waals surface area contributed by atoms with Gasteiger partial charge in [0.15, 0.2) is 11.6 Å². The number of benzene rings is 1. The molecule has 1 heterocycles. The number of likely N-dealkylation sites (tertiary alicyclic amines) is 1. The number of nitrogens with zero attached hydrogens (tertiary/aromatic N) is 1. The molecule has 1 aliphatic heterocycles. The van der Waals surface area contributed by atoms with E-state index in [4.69, 9.17) is 0 Å². The van der Waals surface area contributed by atoms with Crippen LogP contribution in [-0.2, 0) is 9.59 Å². The quantitative estimate of drug-likeness (QED) is 0.857. The largest absolute Gasteiger partial charge is 0.357 e. The maximum absolute atomic E-state index is 13.4. The molecular formula is C17H23F2N3O2. The van der Waals surface area contributed by atoms with Gasteiger partial charge in [0.05, 0.1) is 6.54 Å². The first-order chi connectivity index (χ1) is 11.4. The van der Waals surface area contributed by atoms with E-state index in [1.165, 1.54) is 13.1 Å². The molecule has 0 spiro atoms. The van der Waals surface area contributed by atoms with Gasteiger partial charge >= 0.3 is 0 Å². The first kappa shape index (κ1) is 18.3. The lowest BCUT2D eigenvalue weighted by Gasteiger charge is -2.30. The minimum atomic E-state index is -1.05. The number of hydrogen-bond acceptors (Lipinski definition) is 3. The van der Waals surface area contributed by atoms with E-state index in [2.05, 4.69) is 17.6 Å². The Morgan fingerprint density at radius 2 is 1.92 bits per heavy atom. The van der Waals surface area contributed by atoms with E-state index in [-0.39, 0.29) is 18.0 Å². The third-order valence-corrected chi connectivity index (χ3v) is 4.33. The third kappa shape index (κ3) is 4.74. The SMILES string of the molecule is CNC(=O)[C@H](NC(=O)CN1CCC(C)CC1)c1ccc(F)c(F)c1. The van der Waals surface area contributed by atoms with Crippen LogP contribution < -0.4 is 10.6 Å². The van der Waals surface area contributed by atoms with Gasteiger partial charge in [-0.2, -0.15) is 0 Å². The zero-order chi connectivity index (χ0) is 17.7. The second-order valence-electron chi connectivity index (χ2n) is 6.25. The lowest BCUT2D eigenvalue weighted by molar-refractivity contribution is -0.129. The van der Waals surface area contributed by atoms with Gasteiger partial charge in [-0.15, -0.1) is 0 Å². The summed E-state index contributed by atoms with van der Waals surface area (Å²) < 4.78 is 26.5. The van der Waals surface area contributed by atoms with Gasteiger partial charge < -0.3 is 10.6 Å². The Balaban J connectivity index is 2.04. The van der Waals surface area contributed by atoms with E-state index >= 15 is 0 Å². The molecule has 0 radical (unpaired) electrons. The van der Waals surface area contributed by atoms with Crippen LogP contribution in [0.15, 0.2) is 18.2 Å². The maximum atomic E-state index is 13.4. The van der Waals surface area contributed by atoms with Crippen LogP contribution in [0.3, 0.4) is 0 Å². The monoisotopic (exact) mass is 339 g/mol. The Kier molecular flexibility index (Phi) is 6.25. The number of carbonyl (C=O) groups excluding carboxylic acids is 2. The molecule has 0 unspecified atom stereocenters. The molecule has 0 saturated carbocycles. The first-order valence-electron chi connectivity index (χ1n) is 8.09. The van der Waals surface area contributed by atoms with E-state index in [1.54, 1.807) is 0 Å². The predicted octanol–water partition coefficient (Wildman–Crippen LogP) is 1.60. The molecule has 0 aliphatic carbocycles. The number of rotatable bonds is 5. The second kappa shape index (κ2) is 8.19. The van der Waals surface area contributed by atoms with Gasteiger partial charge in [-0.1, -0.05) is 13.0 Å². The fraction of sp³-hybridized carbons (Fsp3) is 0.529. The molecule has 7 heteroatoms. The number of nitrogens with one attached hydrogen (secondary N) is 2. The maximum Gasteiger partial charge on any atom is 0.246 e. The number of piperidine rings is 1. The molecule has 1 aliphatic rings. The zero-order valence-electron chi connectivity index (χ0n) is 13.9. The highest BCUT2D eigenvalue weighted by Gasteiger charge is 2.25. The topological polar surface area (TPSA) is 61.4 Å². The van der Waals surface area contributed by atoms with E-state index in [0.717, 1.165) is 38.1 Å². The van der Waals surface area contributed by atoms with Gasteiger partial charge in [-0.3, -0.25) is 14.5 Å². The number of hydrogen-bond donors (Lipinski definition) is 2. The number of amides is 2. The highest BCUT2D eigenvalue weighted by Crippen LogP contribution is 2.18. The molecule has 1 aromatic carbocycles. The summed E-state index contributed by atoms with van der Waals surface area (Å²) in [6.07, 6.45) is 2.07. The van der Waals surface area contributed by atoms with Crippen molar-refractivity contribution in [2.75, 3.05) is 26.7 Å². The third-order valence-electron chi connectivity index (χ3n) is 4.33. The van der Waals surface area contributed by atoms with Crippen molar-refractivity contribution < 1.29 is 18.4 Å². The molecule has 2 rings (SSSR count). The second-order valence-corrected chi connectivity index (χ2v) is 6.25. The smallest absolute Gasteiger partial charge is 0.246 e. The summed E-state index contributed by atoms with van der Waals surface area (Å²) in [5, 5.41) is 5.04. The summed E-state index contributed by atoms with van der Waals surface area (Å²) in [7, 11) is 1.42. The van der Waals surface area contributed by atoms with Crippen molar-refractivity contribution in [3.63, 3.8) is 0 Å². The Bertz CT molecular complexity index is 601. The predicted molar refractivity (Wildman–Crippen MR) is 86.1 cm³/mol. The van der Waals surface area contributed by atoms with Gasteiger partial charge in [0, 0.05) is 7.05 Å². The Morgan fingerprint density at radius 3 is 2.50 bits per heavy atom. The van der Waals surface area contributed by atoms with E-state index in [0.29, 0.717) is 5.92 Å². The van der Waals surface area contributed by atoms with Crippen molar-refractivity contribution >= 4 is 11.8 Å². The van der Waals surface area contributed by atoms with Crippen LogP contribution in [0.5, 0.6) is 0 Å². The van der Waals surface area contributed by atoms with Gasteiger partial charge in [-0.25, -0.2) is 8.78 Å². The number of likely N-dealkylation sites (N-methyl/N-ethyl adjacent to an activating group) is 1. The Morgan fingerprint density at radius 1 is 1.25 bits per heavy atom. The summed E-state index contributed by atoms with van der Waals surface area (Å²) in [6, 6.07) is 2.11. The standard InChI is InChI=1S/C17H23F2N3O2/c1-11-5-7-22(8-6-11)10-15(23)21-16(17(24)20-2)12-3-4-13(18)14(19)9-12/h3-4,9,11,16H,5-8,10H2,1-2H3,(H,20,24)(H,21,23)/t16-/m1/s1. The summed E-state index contributed by atoms with van der Waals surface area (Å²) in [6.45, 7) is 4.04. The first-order valence-corrected chi connectivity index (χ1v) is 8.09. The molecule has 5 nitrogen and oxygen atoms in total. The van der Waals surface area contributed by atoms with Crippen LogP contribution in [0, 0.1) is 17.6 Å². The summed E-state index contributed by atoms with van der Waals surface area (Å²) in [5.74, 6) is -2.20. The molecule has 2 amide bonds. The molecule has 0 aromatic heterocycles. The van der Waals surface area contributed by atoms with Crippen LogP contribution in [0.4, 0.5) is 8.78 Å². The molecule has 1 aromatic rings. The molecular weight excluding hydrogens is 316 g/mol. The minimum Gasteiger partial charge on any atom is -0.357 e. The van der Waals surface area contributed by atoms with Gasteiger partial charge in [0.25, 0.3) is 0 Å². The van der Waals surface area contributed by atoms with Crippen LogP contribution in [0.25, 0.3) is 0 Å². The van der Waals surface area contributed by atoms with Crippen LogP contribution in [0.1, 0.15) is 31.4 Å². The zero-order valence-corrected chi connectivity index (χ0v) is 13.9. The molecule has 2 N–H and O–H groups in total. The highest BCUT2D eigenvalue weighted by molar-refractivity contribution is 5.89.